The monoisotopic (exact) mass is 339 g/mol. The van der Waals surface area contributed by atoms with Crippen LogP contribution in [-0.4, -0.2) is 31.8 Å². The Kier molecular flexibility index (Phi) is 5.81. The Morgan fingerprint density at radius 2 is 2.11 bits per heavy atom. The minimum atomic E-state index is -4.34. The van der Waals surface area contributed by atoms with Crippen LogP contribution in [0.4, 0.5) is 13.2 Å². The van der Waals surface area contributed by atoms with Crippen LogP contribution in [0.2, 0.25) is 0 Å². The number of amides is 1. The Morgan fingerprint density at radius 1 is 1.42 bits per heavy atom. The van der Waals surface area contributed by atoms with E-state index in [9.17, 15) is 18.0 Å². The second kappa shape index (κ2) is 6.91. The third-order valence-corrected chi connectivity index (χ3v) is 2.86. The number of carbonyl (C=O) groups is 1. The lowest BCUT2D eigenvalue weighted by molar-refractivity contribution is -0.173. The van der Waals surface area contributed by atoms with Gasteiger partial charge in [-0.05, 0) is 35.0 Å². The quantitative estimate of drug-likeness (QED) is 0.837. The summed E-state index contributed by atoms with van der Waals surface area (Å²) < 4.78 is 40.4. The van der Waals surface area contributed by atoms with Gasteiger partial charge in [-0.3, -0.25) is 4.79 Å². The van der Waals surface area contributed by atoms with Crippen molar-refractivity contribution in [2.45, 2.75) is 13.1 Å². The summed E-state index contributed by atoms with van der Waals surface area (Å²) in [5.41, 5.74) is 1.36. The number of benzene rings is 1. The van der Waals surface area contributed by atoms with Crippen molar-refractivity contribution in [2.75, 3.05) is 19.8 Å². The smallest absolute Gasteiger partial charge is 0.370 e. The van der Waals surface area contributed by atoms with Crippen molar-refractivity contribution >= 4 is 21.8 Å². The van der Waals surface area contributed by atoms with Crippen LogP contribution in [0, 0.1) is 6.92 Å². The van der Waals surface area contributed by atoms with E-state index in [1.165, 1.54) is 0 Å². The van der Waals surface area contributed by atoms with E-state index in [0.717, 1.165) is 5.56 Å². The number of rotatable bonds is 5. The van der Waals surface area contributed by atoms with Crippen molar-refractivity contribution in [2.24, 2.45) is 0 Å². The lowest BCUT2D eigenvalue weighted by Gasteiger charge is -2.09. The third kappa shape index (κ3) is 6.07. The standard InChI is InChI=1S/C12H13BrF3NO2/c1-8-2-3-10(13)9(6-8)11(18)17-4-5-19-7-12(14,15)16/h2-3,6H,4-5,7H2,1H3,(H,17,18). The summed E-state index contributed by atoms with van der Waals surface area (Å²) in [6, 6.07) is 5.27. The molecular formula is C12H13BrF3NO2. The number of alkyl halides is 3. The van der Waals surface area contributed by atoms with E-state index >= 15 is 0 Å². The largest absolute Gasteiger partial charge is 0.411 e. The number of hydrogen-bond donors (Lipinski definition) is 1. The lowest BCUT2D eigenvalue weighted by Crippen LogP contribution is -2.29. The second-order valence-electron chi connectivity index (χ2n) is 3.91. The maximum Gasteiger partial charge on any atom is 0.411 e. The Labute approximate surface area is 117 Å². The molecule has 0 saturated carbocycles. The zero-order chi connectivity index (χ0) is 14.5. The van der Waals surface area contributed by atoms with Gasteiger partial charge < -0.3 is 10.1 Å². The number of halogens is 4. The molecule has 0 bridgehead atoms. The average Bonchev–Trinajstić information content (AvgIpc) is 2.30. The van der Waals surface area contributed by atoms with E-state index in [-0.39, 0.29) is 19.1 Å². The summed E-state index contributed by atoms with van der Waals surface area (Å²) in [4.78, 5) is 11.8. The Balaban J connectivity index is 2.38. The zero-order valence-electron chi connectivity index (χ0n) is 10.2. The van der Waals surface area contributed by atoms with Crippen LogP contribution in [0.15, 0.2) is 22.7 Å². The Hall–Kier alpha value is -1.08. The molecule has 1 rings (SSSR count). The molecular weight excluding hydrogens is 327 g/mol. The van der Waals surface area contributed by atoms with Crippen LogP contribution >= 0.6 is 15.9 Å². The summed E-state index contributed by atoms with van der Waals surface area (Å²) >= 11 is 3.24. The van der Waals surface area contributed by atoms with Gasteiger partial charge in [0.25, 0.3) is 5.91 Å². The van der Waals surface area contributed by atoms with Crippen molar-refractivity contribution in [3.8, 4) is 0 Å². The minimum absolute atomic E-state index is 0.0231. The first-order valence-electron chi connectivity index (χ1n) is 5.48. The SMILES string of the molecule is Cc1ccc(Br)c(C(=O)NCCOCC(F)(F)F)c1. The van der Waals surface area contributed by atoms with Crippen LogP contribution < -0.4 is 5.32 Å². The molecule has 0 atom stereocenters. The molecule has 1 amide bonds. The van der Waals surface area contributed by atoms with E-state index in [4.69, 9.17) is 0 Å². The molecule has 0 unspecified atom stereocenters. The van der Waals surface area contributed by atoms with Crippen molar-refractivity contribution < 1.29 is 22.7 Å². The molecule has 0 aliphatic carbocycles. The highest BCUT2D eigenvalue weighted by Crippen LogP contribution is 2.18. The van der Waals surface area contributed by atoms with Crippen LogP contribution in [-0.2, 0) is 4.74 Å². The molecule has 19 heavy (non-hydrogen) atoms. The molecule has 1 aromatic carbocycles. The highest BCUT2D eigenvalue weighted by molar-refractivity contribution is 9.10. The number of aryl methyl sites for hydroxylation is 1. The normalized spacial score (nSPS) is 11.4. The molecule has 106 valence electrons. The van der Waals surface area contributed by atoms with Crippen LogP contribution in [0.1, 0.15) is 15.9 Å². The van der Waals surface area contributed by atoms with E-state index in [1.807, 2.05) is 13.0 Å². The van der Waals surface area contributed by atoms with E-state index in [1.54, 1.807) is 12.1 Å². The molecule has 0 saturated heterocycles. The second-order valence-corrected chi connectivity index (χ2v) is 4.76. The van der Waals surface area contributed by atoms with Gasteiger partial charge in [-0.25, -0.2) is 0 Å². The summed E-state index contributed by atoms with van der Waals surface area (Å²) in [5.74, 6) is -0.355. The van der Waals surface area contributed by atoms with Crippen molar-refractivity contribution in [1.82, 2.24) is 5.32 Å². The van der Waals surface area contributed by atoms with Gasteiger partial charge in [0.2, 0.25) is 0 Å². The molecule has 3 nitrogen and oxygen atoms in total. The first-order chi connectivity index (χ1) is 8.79. The number of hydrogen-bond acceptors (Lipinski definition) is 2. The van der Waals surface area contributed by atoms with Gasteiger partial charge in [-0.1, -0.05) is 11.6 Å². The molecule has 0 fully saturated rings. The zero-order valence-corrected chi connectivity index (χ0v) is 11.8. The predicted octanol–water partition coefficient (Wildman–Crippen LogP) is 3.07. The molecule has 0 spiro atoms. The fraction of sp³-hybridized carbons (Fsp3) is 0.417. The molecule has 0 aromatic heterocycles. The Bertz CT molecular complexity index is 449. The average molecular weight is 340 g/mol. The summed E-state index contributed by atoms with van der Waals surface area (Å²) in [5, 5.41) is 2.49. The van der Waals surface area contributed by atoms with Gasteiger partial charge in [0.05, 0.1) is 12.2 Å². The first-order valence-corrected chi connectivity index (χ1v) is 6.28. The van der Waals surface area contributed by atoms with E-state index < -0.39 is 12.8 Å². The van der Waals surface area contributed by atoms with Crippen LogP contribution in [0.3, 0.4) is 0 Å². The minimum Gasteiger partial charge on any atom is -0.370 e. The molecule has 0 radical (unpaired) electrons. The predicted molar refractivity (Wildman–Crippen MR) is 68.1 cm³/mol. The molecule has 1 aromatic rings. The first kappa shape index (κ1) is 16.0. The fourth-order valence-electron chi connectivity index (χ4n) is 1.33. The summed E-state index contributed by atoms with van der Waals surface area (Å²) in [7, 11) is 0. The molecule has 1 N–H and O–H groups in total. The molecule has 7 heteroatoms. The lowest BCUT2D eigenvalue weighted by atomic mass is 10.1. The van der Waals surface area contributed by atoms with Crippen molar-refractivity contribution in [3.63, 3.8) is 0 Å². The molecule has 0 heterocycles. The maximum atomic E-state index is 11.8. The number of carbonyl (C=O) groups excluding carboxylic acids is 1. The van der Waals surface area contributed by atoms with E-state index in [2.05, 4.69) is 26.0 Å². The van der Waals surface area contributed by atoms with Gasteiger partial charge in [0.15, 0.2) is 0 Å². The van der Waals surface area contributed by atoms with E-state index in [0.29, 0.717) is 10.0 Å². The topological polar surface area (TPSA) is 38.3 Å². The van der Waals surface area contributed by atoms with Gasteiger partial charge in [-0.15, -0.1) is 0 Å². The third-order valence-electron chi connectivity index (χ3n) is 2.16. The fourth-order valence-corrected chi connectivity index (χ4v) is 1.76. The highest BCUT2D eigenvalue weighted by atomic mass is 79.9. The number of nitrogens with one attached hydrogen (secondary N) is 1. The maximum absolute atomic E-state index is 11.8. The van der Waals surface area contributed by atoms with Crippen LogP contribution in [0.25, 0.3) is 0 Å². The van der Waals surface area contributed by atoms with Gasteiger partial charge in [0, 0.05) is 11.0 Å². The van der Waals surface area contributed by atoms with Gasteiger partial charge >= 0.3 is 6.18 Å². The summed E-state index contributed by atoms with van der Waals surface area (Å²) in [6.45, 7) is 0.372. The number of ether oxygens (including phenoxy) is 1. The Morgan fingerprint density at radius 3 is 2.74 bits per heavy atom. The summed E-state index contributed by atoms with van der Waals surface area (Å²) in [6.07, 6.45) is -4.34. The van der Waals surface area contributed by atoms with Crippen molar-refractivity contribution in [1.29, 1.82) is 0 Å². The molecule has 0 aliphatic heterocycles. The van der Waals surface area contributed by atoms with Crippen LogP contribution in [0.5, 0.6) is 0 Å². The van der Waals surface area contributed by atoms with Gasteiger partial charge in [0.1, 0.15) is 6.61 Å². The van der Waals surface area contributed by atoms with Gasteiger partial charge in [-0.2, -0.15) is 13.2 Å². The molecule has 0 aliphatic rings. The van der Waals surface area contributed by atoms with Crippen molar-refractivity contribution in [3.05, 3.63) is 33.8 Å². The highest BCUT2D eigenvalue weighted by Gasteiger charge is 2.27.